The zero-order valence-electron chi connectivity index (χ0n) is 10.3. The molecule has 0 aliphatic rings. The number of carbonyl (C=O) groups is 2. The summed E-state index contributed by atoms with van der Waals surface area (Å²) < 4.78 is 4.87. The Balaban J connectivity index is 4.18. The Bertz CT molecular complexity index is 257. The Hall–Kier alpha value is -1.34. The Morgan fingerprint density at radius 3 is 2.41 bits per heavy atom. The van der Waals surface area contributed by atoms with Crippen molar-refractivity contribution >= 4 is 12.0 Å². The third-order valence-electron chi connectivity index (χ3n) is 2.15. The van der Waals surface area contributed by atoms with Crippen molar-refractivity contribution in [3.05, 3.63) is 0 Å². The molecular weight excluding hydrogens is 228 g/mol. The molecule has 100 valence electrons. The topological polar surface area (TPSA) is 99.1 Å². The molecule has 1 atom stereocenters. The van der Waals surface area contributed by atoms with Gasteiger partial charge in [0.2, 0.25) is 0 Å². The van der Waals surface area contributed by atoms with E-state index in [0.29, 0.717) is 13.2 Å². The molecule has 0 bridgehead atoms. The van der Waals surface area contributed by atoms with Gasteiger partial charge in [0.25, 0.3) is 0 Å². The van der Waals surface area contributed by atoms with Gasteiger partial charge in [0.05, 0.1) is 13.2 Å². The third kappa shape index (κ3) is 6.08. The number of rotatable bonds is 7. The van der Waals surface area contributed by atoms with Gasteiger partial charge < -0.3 is 25.2 Å². The fraction of sp³-hybridized carbons (Fsp3) is 0.800. The van der Waals surface area contributed by atoms with Gasteiger partial charge in [-0.2, -0.15) is 0 Å². The lowest BCUT2D eigenvalue weighted by atomic mass is 10.3. The summed E-state index contributed by atoms with van der Waals surface area (Å²) >= 11 is 0. The molecule has 0 aromatic rings. The summed E-state index contributed by atoms with van der Waals surface area (Å²) in [5.74, 6) is -1.36. The summed E-state index contributed by atoms with van der Waals surface area (Å²) in [4.78, 5) is 23.5. The van der Waals surface area contributed by atoms with E-state index >= 15 is 0 Å². The summed E-state index contributed by atoms with van der Waals surface area (Å²) in [6.07, 6.45) is -1.59. The standard InChI is InChI=1S/C10H20N2O5/c1-7(2)12(4-5-17-3)10(16)11-6-8(13)9(14)15/h7-8,13H,4-6H2,1-3H3,(H,11,16)(H,14,15). The van der Waals surface area contributed by atoms with Gasteiger partial charge in [-0.15, -0.1) is 0 Å². The first-order valence-electron chi connectivity index (χ1n) is 5.34. The second-order valence-corrected chi connectivity index (χ2v) is 3.82. The number of carbonyl (C=O) groups excluding carboxylic acids is 1. The average Bonchev–Trinajstić information content (AvgIpc) is 2.25. The van der Waals surface area contributed by atoms with Crippen LogP contribution >= 0.6 is 0 Å². The minimum Gasteiger partial charge on any atom is -0.479 e. The minimum absolute atomic E-state index is 0.0351. The maximum atomic E-state index is 11.7. The van der Waals surface area contributed by atoms with Crippen molar-refractivity contribution in [3.63, 3.8) is 0 Å². The molecule has 0 radical (unpaired) electrons. The number of ether oxygens (including phenoxy) is 1. The normalized spacial score (nSPS) is 12.3. The van der Waals surface area contributed by atoms with E-state index in [9.17, 15) is 9.59 Å². The van der Waals surface area contributed by atoms with E-state index in [1.165, 1.54) is 12.0 Å². The fourth-order valence-corrected chi connectivity index (χ4v) is 1.16. The Morgan fingerprint density at radius 2 is 2.00 bits per heavy atom. The van der Waals surface area contributed by atoms with Crippen LogP contribution in [0.15, 0.2) is 0 Å². The summed E-state index contributed by atoms with van der Waals surface area (Å²) in [5.41, 5.74) is 0. The summed E-state index contributed by atoms with van der Waals surface area (Å²) in [5, 5.41) is 19.8. The number of nitrogens with one attached hydrogen (secondary N) is 1. The highest BCUT2D eigenvalue weighted by atomic mass is 16.5. The predicted molar refractivity (Wildman–Crippen MR) is 60.8 cm³/mol. The first-order chi connectivity index (χ1) is 7.90. The zero-order valence-corrected chi connectivity index (χ0v) is 10.3. The largest absolute Gasteiger partial charge is 0.479 e. The lowest BCUT2D eigenvalue weighted by Gasteiger charge is -2.26. The van der Waals surface area contributed by atoms with E-state index in [-0.39, 0.29) is 12.6 Å². The number of hydrogen-bond donors (Lipinski definition) is 3. The van der Waals surface area contributed by atoms with Crippen molar-refractivity contribution in [2.45, 2.75) is 26.0 Å². The molecular formula is C10H20N2O5. The Morgan fingerprint density at radius 1 is 1.41 bits per heavy atom. The number of carboxylic acids is 1. The monoisotopic (exact) mass is 248 g/mol. The molecule has 0 aromatic carbocycles. The average molecular weight is 248 g/mol. The van der Waals surface area contributed by atoms with Crippen LogP contribution in [0.4, 0.5) is 4.79 Å². The first kappa shape index (κ1) is 15.7. The van der Waals surface area contributed by atoms with Crippen LogP contribution < -0.4 is 5.32 Å². The summed E-state index contributed by atoms with van der Waals surface area (Å²) in [6, 6.07) is -0.454. The molecule has 0 rings (SSSR count). The molecule has 0 saturated carbocycles. The van der Waals surface area contributed by atoms with Crippen LogP contribution in [0.25, 0.3) is 0 Å². The number of aliphatic hydroxyl groups is 1. The Kier molecular flexibility index (Phi) is 7.24. The van der Waals surface area contributed by atoms with E-state index in [2.05, 4.69) is 5.32 Å². The number of amides is 2. The Labute approximate surface area is 100 Å². The van der Waals surface area contributed by atoms with Crippen molar-refractivity contribution in [2.24, 2.45) is 0 Å². The maximum Gasteiger partial charge on any atom is 0.334 e. The number of urea groups is 1. The van der Waals surface area contributed by atoms with Crippen LogP contribution in [0.1, 0.15) is 13.8 Å². The number of aliphatic hydroxyl groups excluding tert-OH is 1. The second-order valence-electron chi connectivity index (χ2n) is 3.82. The first-order valence-corrected chi connectivity index (χ1v) is 5.34. The van der Waals surface area contributed by atoms with Crippen molar-refractivity contribution in [3.8, 4) is 0 Å². The van der Waals surface area contributed by atoms with Gasteiger partial charge in [-0.25, -0.2) is 9.59 Å². The molecule has 17 heavy (non-hydrogen) atoms. The molecule has 0 saturated heterocycles. The van der Waals surface area contributed by atoms with E-state index in [0.717, 1.165) is 0 Å². The lowest BCUT2D eigenvalue weighted by Crippen LogP contribution is -2.48. The quantitative estimate of drug-likeness (QED) is 0.564. The van der Waals surface area contributed by atoms with Crippen LogP contribution in [-0.2, 0) is 9.53 Å². The van der Waals surface area contributed by atoms with Gasteiger partial charge in [0.1, 0.15) is 0 Å². The molecule has 0 aliphatic heterocycles. The van der Waals surface area contributed by atoms with Crippen LogP contribution in [0, 0.1) is 0 Å². The fourth-order valence-electron chi connectivity index (χ4n) is 1.16. The predicted octanol–water partition coefficient (Wildman–Crippen LogP) is -0.502. The van der Waals surface area contributed by atoms with Gasteiger partial charge in [0.15, 0.2) is 6.10 Å². The molecule has 0 heterocycles. The molecule has 3 N–H and O–H groups in total. The molecule has 0 aliphatic carbocycles. The van der Waals surface area contributed by atoms with Gasteiger partial charge in [-0.1, -0.05) is 0 Å². The van der Waals surface area contributed by atoms with Crippen LogP contribution in [-0.4, -0.2) is 66.1 Å². The van der Waals surface area contributed by atoms with Crippen LogP contribution in [0.3, 0.4) is 0 Å². The van der Waals surface area contributed by atoms with Gasteiger partial charge in [-0.05, 0) is 13.8 Å². The minimum atomic E-state index is -1.59. The smallest absolute Gasteiger partial charge is 0.334 e. The molecule has 0 fully saturated rings. The highest BCUT2D eigenvalue weighted by Crippen LogP contribution is 1.98. The number of carboxylic acid groups (broad SMARTS) is 1. The lowest BCUT2D eigenvalue weighted by molar-refractivity contribution is -0.146. The van der Waals surface area contributed by atoms with E-state index < -0.39 is 18.1 Å². The van der Waals surface area contributed by atoms with E-state index in [1.807, 2.05) is 13.8 Å². The molecule has 7 heteroatoms. The van der Waals surface area contributed by atoms with Crippen LogP contribution in [0.2, 0.25) is 0 Å². The second kappa shape index (κ2) is 7.86. The number of nitrogens with zero attached hydrogens (tertiary/aromatic N) is 1. The number of hydrogen-bond acceptors (Lipinski definition) is 4. The zero-order chi connectivity index (χ0) is 13.4. The van der Waals surface area contributed by atoms with Crippen molar-refractivity contribution in [1.29, 1.82) is 0 Å². The van der Waals surface area contributed by atoms with Gasteiger partial charge in [-0.3, -0.25) is 0 Å². The van der Waals surface area contributed by atoms with Crippen molar-refractivity contribution in [2.75, 3.05) is 26.8 Å². The number of aliphatic carboxylic acids is 1. The highest BCUT2D eigenvalue weighted by Gasteiger charge is 2.19. The third-order valence-corrected chi connectivity index (χ3v) is 2.15. The van der Waals surface area contributed by atoms with E-state index in [1.54, 1.807) is 0 Å². The molecule has 2 amide bonds. The van der Waals surface area contributed by atoms with Crippen LogP contribution in [0.5, 0.6) is 0 Å². The highest BCUT2D eigenvalue weighted by molar-refractivity contribution is 5.77. The van der Waals surface area contributed by atoms with Crippen molar-refractivity contribution < 1.29 is 24.5 Å². The summed E-state index contributed by atoms with van der Waals surface area (Å²) in [6.45, 7) is 4.16. The molecule has 0 aromatic heterocycles. The van der Waals surface area contributed by atoms with Gasteiger partial charge in [0, 0.05) is 19.7 Å². The van der Waals surface area contributed by atoms with Crippen molar-refractivity contribution in [1.82, 2.24) is 10.2 Å². The SMILES string of the molecule is COCCN(C(=O)NCC(O)C(=O)O)C(C)C. The maximum absolute atomic E-state index is 11.7. The van der Waals surface area contributed by atoms with E-state index in [4.69, 9.17) is 14.9 Å². The molecule has 7 nitrogen and oxygen atoms in total. The summed E-state index contributed by atoms with van der Waals surface area (Å²) in [7, 11) is 1.53. The number of methoxy groups -OCH3 is 1. The molecule has 1 unspecified atom stereocenters. The molecule has 0 spiro atoms. The van der Waals surface area contributed by atoms with Gasteiger partial charge >= 0.3 is 12.0 Å².